The molecule has 0 aliphatic carbocycles. The molecule has 1 atom stereocenters. The summed E-state index contributed by atoms with van der Waals surface area (Å²) in [6.07, 6.45) is 0.305. The Hall–Kier alpha value is -2.58. The van der Waals surface area contributed by atoms with Crippen LogP contribution in [0.2, 0.25) is 0 Å². The molecule has 0 bridgehead atoms. The number of likely N-dealkylation sites (tertiary alicyclic amines) is 1. The first-order valence-corrected chi connectivity index (χ1v) is 11.8. The van der Waals surface area contributed by atoms with Gasteiger partial charge in [-0.1, -0.05) is 44.2 Å². The number of hydrogen-bond donors (Lipinski definition) is 1. The predicted octanol–water partition coefficient (Wildman–Crippen LogP) is 3.16. The summed E-state index contributed by atoms with van der Waals surface area (Å²) in [5, 5.41) is -0.787. The Balaban J connectivity index is 1.72. The van der Waals surface area contributed by atoms with E-state index < -0.39 is 33.4 Å². The maximum Gasteiger partial charge on any atom is 0.225 e. The smallest absolute Gasteiger partial charge is 0.225 e. The Kier molecular flexibility index (Phi) is 6.91. The van der Waals surface area contributed by atoms with Crippen molar-refractivity contribution in [2.45, 2.75) is 32.4 Å². The number of amides is 1. The number of carbonyl (C=O) groups is 2. The van der Waals surface area contributed by atoms with Gasteiger partial charge in [0.25, 0.3) is 0 Å². The Morgan fingerprint density at radius 1 is 1.16 bits per heavy atom. The third-order valence-electron chi connectivity index (χ3n) is 5.49. The Morgan fingerprint density at radius 2 is 1.84 bits per heavy atom. The zero-order valence-electron chi connectivity index (χ0n) is 17.9. The lowest BCUT2D eigenvalue weighted by Crippen LogP contribution is -2.40. The number of benzene rings is 2. The Morgan fingerprint density at radius 3 is 2.48 bits per heavy atom. The van der Waals surface area contributed by atoms with E-state index in [1.807, 2.05) is 30.3 Å². The van der Waals surface area contributed by atoms with Gasteiger partial charge in [-0.3, -0.25) is 9.59 Å². The molecule has 1 saturated heterocycles. The van der Waals surface area contributed by atoms with E-state index >= 15 is 0 Å². The van der Waals surface area contributed by atoms with E-state index in [1.165, 1.54) is 11.0 Å². The van der Waals surface area contributed by atoms with Crippen LogP contribution in [-0.2, 0) is 14.8 Å². The molecule has 1 N–H and O–H groups in total. The first-order chi connectivity index (χ1) is 14.6. The number of Topliss-reactive ketones (excluding diaryl/α,β-unsaturated/α-hetero) is 1. The largest absolute Gasteiger partial charge is 0.341 e. The second-order valence-electron chi connectivity index (χ2n) is 8.16. The number of ketones is 1. The number of aryl methyl sites for hydroxylation is 1. The summed E-state index contributed by atoms with van der Waals surface area (Å²) in [5.74, 6) is -1.60. The fourth-order valence-corrected chi connectivity index (χ4v) is 5.06. The van der Waals surface area contributed by atoms with Gasteiger partial charge < -0.3 is 4.90 Å². The minimum absolute atomic E-state index is 0.0935. The fraction of sp³-hybridized carbons (Fsp3) is 0.391. The van der Waals surface area contributed by atoms with Gasteiger partial charge in [0, 0.05) is 19.0 Å². The molecule has 8 heteroatoms. The number of nitrogens with one attached hydrogen (secondary N) is 1. The van der Waals surface area contributed by atoms with Gasteiger partial charge in [0.05, 0.1) is 17.4 Å². The zero-order valence-corrected chi connectivity index (χ0v) is 18.7. The third kappa shape index (κ3) is 5.19. The molecule has 3 rings (SSSR count). The van der Waals surface area contributed by atoms with E-state index in [9.17, 15) is 22.4 Å². The summed E-state index contributed by atoms with van der Waals surface area (Å²) in [6.45, 7) is 5.02. The molecular weight excluding hydrogens is 419 g/mol. The summed E-state index contributed by atoms with van der Waals surface area (Å²) in [5.41, 5.74) is 1.68. The molecule has 2 aromatic rings. The van der Waals surface area contributed by atoms with Gasteiger partial charge in [0.1, 0.15) is 5.82 Å². The number of halogens is 1. The molecule has 31 heavy (non-hydrogen) atoms. The predicted molar refractivity (Wildman–Crippen MR) is 118 cm³/mol. The Bertz CT molecular complexity index is 1080. The van der Waals surface area contributed by atoms with Gasteiger partial charge >= 0.3 is 0 Å². The summed E-state index contributed by atoms with van der Waals surface area (Å²) in [6, 6.07) is 12.4. The van der Waals surface area contributed by atoms with Crippen LogP contribution in [0.25, 0.3) is 11.1 Å². The minimum atomic E-state index is -3.83. The maximum atomic E-state index is 14.6. The van der Waals surface area contributed by atoms with Crippen molar-refractivity contribution in [1.29, 1.82) is 0 Å². The van der Waals surface area contributed by atoms with E-state index in [2.05, 4.69) is 4.72 Å². The molecular formula is C23H27FN2O4S. The first kappa shape index (κ1) is 23.1. The monoisotopic (exact) mass is 446 g/mol. The van der Waals surface area contributed by atoms with Crippen LogP contribution in [0.4, 0.5) is 4.39 Å². The van der Waals surface area contributed by atoms with Crippen LogP contribution in [0, 0.1) is 18.7 Å². The average molecular weight is 447 g/mol. The molecule has 1 heterocycles. The van der Waals surface area contributed by atoms with Crippen LogP contribution in [-0.4, -0.2) is 49.9 Å². The van der Waals surface area contributed by atoms with Crippen LogP contribution >= 0.6 is 0 Å². The molecule has 1 aliphatic rings. The lowest BCUT2D eigenvalue weighted by atomic mass is 9.98. The van der Waals surface area contributed by atoms with Gasteiger partial charge in [0.2, 0.25) is 15.9 Å². The van der Waals surface area contributed by atoms with E-state index in [0.29, 0.717) is 24.1 Å². The van der Waals surface area contributed by atoms with Crippen LogP contribution in [0.15, 0.2) is 42.5 Å². The second kappa shape index (κ2) is 9.28. The molecule has 0 saturated carbocycles. The van der Waals surface area contributed by atoms with Crippen molar-refractivity contribution in [2.24, 2.45) is 5.92 Å². The number of rotatable bonds is 7. The molecule has 0 radical (unpaired) electrons. The lowest BCUT2D eigenvalue weighted by Gasteiger charge is -2.19. The van der Waals surface area contributed by atoms with Crippen molar-refractivity contribution >= 4 is 21.7 Å². The van der Waals surface area contributed by atoms with Crippen LogP contribution in [0.1, 0.15) is 36.2 Å². The van der Waals surface area contributed by atoms with Crippen molar-refractivity contribution in [1.82, 2.24) is 9.62 Å². The molecule has 0 aromatic heterocycles. The van der Waals surface area contributed by atoms with Gasteiger partial charge in [-0.25, -0.2) is 17.5 Å². The van der Waals surface area contributed by atoms with E-state index in [-0.39, 0.29) is 23.9 Å². The van der Waals surface area contributed by atoms with Gasteiger partial charge in [-0.15, -0.1) is 0 Å². The highest BCUT2D eigenvalue weighted by molar-refractivity contribution is 7.90. The second-order valence-corrected chi connectivity index (χ2v) is 10.2. The summed E-state index contributed by atoms with van der Waals surface area (Å²) in [4.78, 5) is 26.3. The molecule has 6 nitrogen and oxygen atoms in total. The molecule has 1 fully saturated rings. The van der Waals surface area contributed by atoms with Crippen molar-refractivity contribution in [3.63, 3.8) is 0 Å². The van der Waals surface area contributed by atoms with Gasteiger partial charge in [0.15, 0.2) is 5.78 Å². The molecule has 1 unspecified atom stereocenters. The van der Waals surface area contributed by atoms with Crippen LogP contribution in [0.3, 0.4) is 0 Å². The van der Waals surface area contributed by atoms with Crippen molar-refractivity contribution in [2.75, 3.05) is 19.6 Å². The highest BCUT2D eigenvalue weighted by Crippen LogP contribution is 2.25. The normalized spacial score (nSPS) is 16.7. The average Bonchev–Trinajstić information content (AvgIpc) is 3.25. The van der Waals surface area contributed by atoms with E-state index in [0.717, 1.165) is 5.56 Å². The van der Waals surface area contributed by atoms with Crippen molar-refractivity contribution in [3.8, 4) is 11.1 Å². The topological polar surface area (TPSA) is 83.6 Å². The molecule has 1 amide bonds. The number of hydrogen-bond acceptors (Lipinski definition) is 4. The van der Waals surface area contributed by atoms with E-state index in [4.69, 9.17) is 0 Å². The molecule has 1 aliphatic heterocycles. The SMILES string of the molecule is Cc1cc(-c2ccccc2)cc(C(=O)CNS(=O)(=O)C2CCN(C(=O)C(C)C)C2)c1F. The standard InChI is InChI=1S/C23H27FN2O4S/c1-15(2)23(28)26-10-9-19(14-26)31(29,30)25-13-21(27)20-12-18(11-16(3)22(20)24)17-7-5-4-6-8-17/h4-8,11-12,15,19,25H,9-10,13-14H2,1-3H3. The number of nitrogens with zero attached hydrogens (tertiary/aromatic N) is 1. The maximum absolute atomic E-state index is 14.6. The quantitative estimate of drug-likeness (QED) is 0.663. The third-order valence-corrected chi connectivity index (χ3v) is 7.29. The zero-order chi connectivity index (χ0) is 22.8. The Labute approximate surface area is 182 Å². The van der Waals surface area contributed by atoms with Crippen LogP contribution in [0.5, 0.6) is 0 Å². The van der Waals surface area contributed by atoms with Gasteiger partial charge in [-0.2, -0.15) is 0 Å². The highest BCUT2D eigenvalue weighted by atomic mass is 32.2. The summed E-state index contributed by atoms with van der Waals surface area (Å²) in [7, 11) is -3.83. The minimum Gasteiger partial charge on any atom is -0.341 e. The number of sulfonamides is 1. The molecule has 166 valence electrons. The first-order valence-electron chi connectivity index (χ1n) is 10.3. The molecule has 0 spiro atoms. The number of carbonyl (C=O) groups excluding carboxylic acids is 2. The van der Waals surface area contributed by atoms with Crippen molar-refractivity contribution < 1.29 is 22.4 Å². The van der Waals surface area contributed by atoms with Crippen molar-refractivity contribution in [3.05, 3.63) is 59.4 Å². The lowest BCUT2D eigenvalue weighted by molar-refractivity contribution is -0.133. The highest BCUT2D eigenvalue weighted by Gasteiger charge is 2.36. The summed E-state index contributed by atoms with van der Waals surface area (Å²) < 4.78 is 42.3. The molecule has 2 aromatic carbocycles. The van der Waals surface area contributed by atoms with Gasteiger partial charge in [-0.05, 0) is 42.2 Å². The van der Waals surface area contributed by atoms with Crippen LogP contribution < -0.4 is 4.72 Å². The van der Waals surface area contributed by atoms with E-state index in [1.54, 1.807) is 26.8 Å². The fourth-order valence-electron chi connectivity index (χ4n) is 3.70. The summed E-state index contributed by atoms with van der Waals surface area (Å²) >= 11 is 0.